The molecule has 0 aromatic rings. The minimum atomic E-state index is 0.534. The van der Waals surface area contributed by atoms with Gasteiger partial charge in [0.2, 0.25) is 0 Å². The first-order chi connectivity index (χ1) is 5.86. The Kier molecular flexibility index (Phi) is 3.83. The van der Waals surface area contributed by atoms with E-state index in [1.165, 1.54) is 12.8 Å². The summed E-state index contributed by atoms with van der Waals surface area (Å²) < 4.78 is 0. The molecule has 1 aliphatic rings. The first-order valence-electron chi connectivity index (χ1n) is 4.69. The van der Waals surface area contributed by atoms with Crippen LogP contribution in [0.4, 0.5) is 0 Å². The summed E-state index contributed by atoms with van der Waals surface area (Å²) in [5.41, 5.74) is 0.948. The van der Waals surface area contributed by atoms with Crippen molar-refractivity contribution >= 4 is 0 Å². The molecule has 2 heteroatoms. The Morgan fingerprint density at radius 2 is 2.58 bits per heavy atom. The summed E-state index contributed by atoms with van der Waals surface area (Å²) in [6.07, 6.45) is 6.48. The second-order valence-corrected chi connectivity index (χ2v) is 3.29. The highest BCUT2D eigenvalue weighted by Gasteiger charge is 2.15. The van der Waals surface area contributed by atoms with E-state index in [2.05, 4.69) is 18.3 Å². The predicted molar refractivity (Wildman–Crippen MR) is 49.6 cm³/mol. The molecule has 0 bridgehead atoms. The number of nitriles is 1. The van der Waals surface area contributed by atoms with Gasteiger partial charge in [0.25, 0.3) is 0 Å². The molecule has 66 valence electrons. The fraction of sp³-hybridized carbons (Fsp3) is 0.700. The van der Waals surface area contributed by atoms with Crippen molar-refractivity contribution in [2.75, 3.05) is 6.54 Å². The van der Waals surface area contributed by atoms with Crippen LogP contribution >= 0.6 is 0 Å². The summed E-state index contributed by atoms with van der Waals surface area (Å²) in [7, 11) is 0. The zero-order valence-electron chi connectivity index (χ0n) is 7.64. The van der Waals surface area contributed by atoms with Crippen molar-refractivity contribution in [2.24, 2.45) is 0 Å². The van der Waals surface area contributed by atoms with Gasteiger partial charge in [-0.05, 0) is 25.8 Å². The Hall–Kier alpha value is -0.810. The molecular weight excluding hydrogens is 148 g/mol. The highest BCUT2D eigenvalue weighted by Crippen LogP contribution is 2.17. The number of hydrogen-bond donors (Lipinski definition) is 1. The van der Waals surface area contributed by atoms with Gasteiger partial charge in [0.15, 0.2) is 0 Å². The van der Waals surface area contributed by atoms with Gasteiger partial charge >= 0.3 is 0 Å². The topological polar surface area (TPSA) is 35.8 Å². The molecule has 1 aliphatic carbocycles. The Morgan fingerprint density at radius 3 is 3.17 bits per heavy atom. The average Bonchev–Trinajstić information content (AvgIpc) is 2.53. The first-order valence-corrected chi connectivity index (χ1v) is 4.69. The molecule has 1 rings (SSSR count). The van der Waals surface area contributed by atoms with Crippen molar-refractivity contribution in [1.29, 1.82) is 5.26 Å². The third kappa shape index (κ3) is 2.67. The maximum Gasteiger partial charge on any atom is 0.0944 e. The van der Waals surface area contributed by atoms with E-state index in [0.29, 0.717) is 6.04 Å². The molecule has 0 aromatic carbocycles. The molecule has 0 heterocycles. The van der Waals surface area contributed by atoms with Crippen LogP contribution < -0.4 is 5.32 Å². The molecule has 0 saturated heterocycles. The van der Waals surface area contributed by atoms with Crippen LogP contribution in [0.3, 0.4) is 0 Å². The SMILES string of the molecule is CCCCNC1CC=C(C#N)C1. The second-order valence-electron chi connectivity index (χ2n) is 3.29. The van der Waals surface area contributed by atoms with Crippen molar-refractivity contribution < 1.29 is 0 Å². The highest BCUT2D eigenvalue weighted by molar-refractivity contribution is 5.26. The number of unbranched alkanes of at least 4 members (excludes halogenated alkanes) is 1. The van der Waals surface area contributed by atoms with Crippen LogP contribution in [0.15, 0.2) is 11.6 Å². The number of rotatable bonds is 4. The maximum atomic E-state index is 8.61. The summed E-state index contributed by atoms with van der Waals surface area (Å²) in [4.78, 5) is 0. The van der Waals surface area contributed by atoms with Crippen LogP contribution in [-0.2, 0) is 0 Å². The third-order valence-corrected chi connectivity index (χ3v) is 2.22. The molecule has 0 spiro atoms. The van der Waals surface area contributed by atoms with Crippen molar-refractivity contribution in [3.05, 3.63) is 11.6 Å². The molecule has 0 fully saturated rings. The second kappa shape index (κ2) is 4.95. The lowest BCUT2D eigenvalue weighted by Crippen LogP contribution is -2.27. The normalized spacial score (nSPS) is 22.0. The summed E-state index contributed by atoms with van der Waals surface area (Å²) in [5, 5.41) is 12.1. The summed E-state index contributed by atoms with van der Waals surface area (Å²) in [5.74, 6) is 0. The summed E-state index contributed by atoms with van der Waals surface area (Å²) >= 11 is 0. The van der Waals surface area contributed by atoms with Crippen LogP contribution in [0.25, 0.3) is 0 Å². The Bertz CT molecular complexity index is 200. The smallest absolute Gasteiger partial charge is 0.0944 e. The minimum absolute atomic E-state index is 0.534. The number of hydrogen-bond acceptors (Lipinski definition) is 2. The summed E-state index contributed by atoms with van der Waals surface area (Å²) in [6, 6.07) is 2.74. The fourth-order valence-corrected chi connectivity index (χ4v) is 1.45. The number of nitrogens with zero attached hydrogens (tertiary/aromatic N) is 1. The van der Waals surface area contributed by atoms with Crippen LogP contribution in [0.5, 0.6) is 0 Å². The molecule has 12 heavy (non-hydrogen) atoms. The summed E-state index contributed by atoms with van der Waals surface area (Å²) in [6.45, 7) is 3.28. The van der Waals surface area contributed by atoms with Gasteiger partial charge in [-0.3, -0.25) is 0 Å². The van der Waals surface area contributed by atoms with E-state index >= 15 is 0 Å². The van der Waals surface area contributed by atoms with E-state index in [1.807, 2.05) is 6.08 Å². The van der Waals surface area contributed by atoms with E-state index in [-0.39, 0.29) is 0 Å². The fourth-order valence-electron chi connectivity index (χ4n) is 1.45. The molecule has 0 aromatic heterocycles. The molecule has 0 aliphatic heterocycles. The minimum Gasteiger partial charge on any atom is -0.313 e. The van der Waals surface area contributed by atoms with Crippen LogP contribution in [0.1, 0.15) is 32.6 Å². The molecule has 0 amide bonds. The van der Waals surface area contributed by atoms with Gasteiger partial charge in [-0.25, -0.2) is 0 Å². The largest absolute Gasteiger partial charge is 0.313 e. The molecule has 0 saturated carbocycles. The number of nitrogens with one attached hydrogen (secondary N) is 1. The Morgan fingerprint density at radius 1 is 1.75 bits per heavy atom. The molecule has 1 unspecified atom stereocenters. The van der Waals surface area contributed by atoms with E-state index in [9.17, 15) is 0 Å². The van der Waals surface area contributed by atoms with Crippen molar-refractivity contribution in [3.8, 4) is 6.07 Å². The lowest BCUT2D eigenvalue weighted by molar-refractivity contribution is 0.522. The zero-order valence-corrected chi connectivity index (χ0v) is 7.64. The quantitative estimate of drug-likeness (QED) is 0.645. The predicted octanol–water partition coefficient (Wildman–Crippen LogP) is 1.99. The Balaban J connectivity index is 2.11. The van der Waals surface area contributed by atoms with E-state index in [1.54, 1.807) is 0 Å². The van der Waals surface area contributed by atoms with Crippen molar-refractivity contribution in [3.63, 3.8) is 0 Å². The van der Waals surface area contributed by atoms with Crippen molar-refractivity contribution in [2.45, 2.75) is 38.6 Å². The Labute approximate surface area is 74.3 Å². The van der Waals surface area contributed by atoms with Gasteiger partial charge < -0.3 is 5.32 Å². The third-order valence-electron chi connectivity index (χ3n) is 2.22. The van der Waals surface area contributed by atoms with Crippen LogP contribution in [0.2, 0.25) is 0 Å². The van der Waals surface area contributed by atoms with Gasteiger partial charge in [-0.1, -0.05) is 19.4 Å². The highest BCUT2D eigenvalue weighted by atomic mass is 14.9. The standard InChI is InChI=1S/C10H16N2/c1-2-3-6-12-10-5-4-9(7-10)8-11/h4,10,12H,2-3,5-7H2,1H3. The van der Waals surface area contributed by atoms with Gasteiger partial charge in [-0.15, -0.1) is 0 Å². The van der Waals surface area contributed by atoms with E-state index in [0.717, 1.165) is 25.0 Å². The lowest BCUT2D eigenvalue weighted by Gasteiger charge is -2.10. The monoisotopic (exact) mass is 164 g/mol. The molecule has 2 nitrogen and oxygen atoms in total. The first kappa shape index (κ1) is 9.28. The van der Waals surface area contributed by atoms with Crippen LogP contribution in [-0.4, -0.2) is 12.6 Å². The molecule has 1 atom stereocenters. The average molecular weight is 164 g/mol. The lowest BCUT2D eigenvalue weighted by atomic mass is 10.2. The molecular formula is C10H16N2. The van der Waals surface area contributed by atoms with E-state index < -0.39 is 0 Å². The van der Waals surface area contributed by atoms with Crippen molar-refractivity contribution in [1.82, 2.24) is 5.32 Å². The van der Waals surface area contributed by atoms with Gasteiger partial charge in [0.1, 0.15) is 0 Å². The van der Waals surface area contributed by atoms with Gasteiger partial charge in [0, 0.05) is 11.6 Å². The molecule has 0 radical (unpaired) electrons. The van der Waals surface area contributed by atoms with E-state index in [4.69, 9.17) is 5.26 Å². The van der Waals surface area contributed by atoms with Crippen LogP contribution in [0, 0.1) is 11.3 Å². The van der Waals surface area contributed by atoms with Gasteiger partial charge in [-0.2, -0.15) is 5.26 Å². The van der Waals surface area contributed by atoms with Gasteiger partial charge in [0.05, 0.1) is 6.07 Å². The maximum absolute atomic E-state index is 8.61. The molecule has 1 N–H and O–H groups in total. The zero-order chi connectivity index (χ0) is 8.81.